The molecule has 0 aromatic carbocycles. The fourth-order valence-electron chi connectivity index (χ4n) is 3.64. The third-order valence-corrected chi connectivity index (χ3v) is 4.58. The Hall–Kier alpha value is -2.51. The van der Waals surface area contributed by atoms with Gasteiger partial charge >= 0.3 is 6.09 Å². The highest BCUT2D eigenvalue weighted by atomic mass is 16.6. The van der Waals surface area contributed by atoms with Crippen LogP contribution >= 0.6 is 0 Å². The number of fused-ring (bicyclic) bond motifs is 4. The van der Waals surface area contributed by atoms with Gasteiger partial charge in [-0.15, -0.1) is 10.2 Å². The van der Waals surface area contributed by atoms with Crippen molar-refractivity contribution >= 4 is 6.09 Å². The summed E-state index contributed by atoms with van der Waals surface area (Å²) in [7, 11) is 0. The number of rotatable bonds is 1. The molecule has 1 amide bonds. The zero-order chi connectivity index (χ0) is 17.6. The van der Waals surface area contributed by atoms with Crippen molar-refractivity contribution in [3.63, 3.8) is 0 Å². The molecule has 1 fully saturated rings. The molecule has 2 atom stereocenters. The van der Waals surface area contributed by atoms with Crippen molar-refractivity contribution in [2.45, 2.75) is 64.3 Å². The molecule has 0 radical (unpaired) electrons. The second-order valence-electron chi connectivity index (χ2n) is 7.55. The number of nitrogens with zero attached hydrogens (tertiary/aromatic N) is 6. The number of hydrogen-bond acceptors (Lipinski definition) is 6. The van der Waals surface area contributed by atoms with Crippen molar-refractivity contribution in [2.24, 2.45) is 0 Å². The molecule has 25 heavy (non-hydrogen) atoms. The number of carbonyl (C=O) groups is 1. The minimum Gasteiger partial charge on any atom is -0.444 e. The van der Waals surface area contributed by atoms with E-state index in [0.29, 0.717) is 18.2 Å². The van der Waals surface area contributed by atoms with Crippen molar-refractivity contribution in [1.82, 2.24) is 29.6 Å². The Morgan fingerprint density at radius 1 is 1.20 bits per heavy atom. The molecule has 2 unspecified atom stereocenters. The van der Waals surface area contributed by atoms with Gasteiger partial charge in [-0.05, 0) is 46.1 Å². The molecule has 4 heterocycles. The first-order valence-corrected chi connectivity index (χ1v) is 8.66. The number of ether oxygens (including phenoxy) is 1. The summed E-state index contributed by atoms with van der Waals surface area (Å²) in [4.78, 5) is 23.2. The van der Waals surface area contributed by atoms with E-state index < -0.39 is 5.60 Å². The molecule has 132 valence electrons. The highest BCUT2D eigenvalue weighted by Crippen LogP contribution is 2.40. The summed E-state index contributed by atoms with van der Waals surface area (Å²) in [6.07, 6.45) is 6.00. The fraction of sp³-hybridized carbons (Fsp3) is 0.588. The lowest BCUT2D eigenvalue weighted by Crippen LogP contribution is -2.53. The van der Waals surface area contributed by atoms with E-state index in [1.165, 1.54) is 0 Å². The number of amides is 1. The van der Waals surface area contributed by atoms with Gasteiger partial charge in [0.05, 0.1) is 12.1 Å². The lowest BCUT2D eigenvalue weighted by Gasteiger charge is -2.45. The van der Waals surface area contributed by atoms with E-state index in [4.69, 9.17) is 4.74 Å². The van der Waals surface area contributed by atoms with Crippen LogP contribution in [0.3, 0.4) is 0 Å². The monoisotopic (exact) mass is 342 g/mol. The molecular formula is C17H22N6O2. The molecule has 8 heteroatoms. The van der Waals surface area contributed by atoms with Gasteiger partial charge in [0.2, 0.25) is 5.82 Å². The summed E-state index contributed by atoms with van der Waals surface area (Å²) >= 11 is 0. The number of piperidine rings is 1. The van der Waals surface area contributed by atoms with E-state index in [0.717, 1.165) is 25.1 Å². The second-order valence-corrected chi connectivity index (χ2v) is 7.55. The molecule has 0 aliphatic carbocycles. The number of carbonyl (C=O) groups excluding carboxylic acids is 1. The molecule has 2 aromatic heterocycles. The SMILES string of the molecule is CC(C)(C)OC(=O)N1C2CCCC1c1nnc(-c3ncccn3)n1C2. The van der Waals surface area contributed by atoms with Crippen LogP contribution in [0.1, 0.15) is 51.9 Å². The molecule has 0 spiro atoms. The summed E-state index contributed by atoms with van der Waals surface area (Å²) in [6, 6.07) is 1.75. The predicted molar refractivity (Wildman–Crippen MR) is 89.5 cm³/mol. The molecule has 2 aromatic rings. The van der Waals surface area contributed by atoms with E-state index in [9.17, 15) is 4.79 Å². The topological polar surface area (TPSA) is 86.0 Å². The normalized spacial score (nSPS) is 22.4. The van der Waals surface area contributed by atoms with Crippen molar-refractivity contribution < 1.29 is 9.53 Å². The predicted octanol–water partition coefficient (Wildman–Crippen LogP) is 2.58. The summed E-state index contributed by atoms with van der Waals surface area (Å²) in [5.74, 6) is 2.02. The van der Waals surface area contributed by atoms with Crippen molar-refractivity contribution in [1.29, 1.82) is 0 Å². The molecule has 8 nitrogen and oxygen atoms in total. The minimum absolute atomic E-state index is 0.0829. The van der Waals surface area contributed by atoms with E-state index in [2.05, 4.69) is 24.7 Å². The van der Waals surface area contributed by atoms with Gasteiger partial charge in [0, 0.05) is 18.9 Å². The first-order valence-electron chi connectivity index (χ1n) is 8.66. The smallest absolute Gasteiger partial charge is 0.411 e. The van der Waals surface area contributed by atoms with Gasteiger partial charge in [-0.25, -0.2) is 14.8 Å². The quantitative estimate of drug-likeness (QED) is 0.792. The molecular weight excluding hydrogens is 320 g/mol. The minimum atomic E-state index is -0.514. The van der Waals surface area contributed by atoms with Crippen LogP contribution in [-0.2, 0) is 11.3 Å². The molecule has 0 N–H and O–H groups in total. The van der Waals surface area contributed by atoms with Gasteiger partial charge in [-0.2, -0.15) is 0 Å². The maximum atomic E-state index is 12.7. The Kier molecular flexibility index (Phi) is 3.70. The Bertz CT molecular complexity index is 782. The first-order chi connectivity index (χ1) is 11.9. The van der Waals surface area contributed by atoms with Crippen molar-refractivity contribution in [3.8, 4) is 11.6 Å². The maximum absolute atomic E-state index is 12.7. The largest absolute Gasteiger partial charge is 0.444 e. The Labute approximate surface area is 146 Å². The van der Waals surface area contributed by atoms with E-state index in [1.54, 1.807) is 18.5 Å². The average molecular weight is 342 g/mol. The average Bonchev–Trinajstić information content (AvgIpc) is 2.97. The summed E-state index contributed by atoms with van der Waals surface area (Å²) in [6.45, 7) is 6.31. The summed E-state index contributed by atoms with van der Waals surface area (Å²) in [5.41, 5.74) is -0.514. The second kappa shape index (κ2) is 5.79. The van der Waals surface area contributed by atoms with Crippen LogP contribution in [0, 0.1) is 0 Å². The van der Waals surface area contributed by atoms with Gasteiger partial charge in [0.15, 0.2) is 11.6 Å². The Morgan fingerprint density at radius 3 is 2.68 bits per heavy atom. The van der Waals surface area contributed by atoms with Crippen molar-refractivity contribution in [2.75, 3.05) is 0 Å². The van der Waals surface area contributed by atoms with Gasteiger partial charge in [-0.3, -0.25) is 4.90 Å². The Morgan fingerprint density at radius 2 is 1.96 bits per heavy atom. The van der Waals surface area contributed by atoms with Crippen LogP contribution in [0.15, 0.2) is 18.5 Å². The van der Waals surface area contributed by atoms with Crippen LogP contribution in [-0.4, -0.2) is 47.4 Å². The highest BCUT2D eigenvalue weighted by molar-refractivity contribution is 5.69. The van der Waals surface area contributed by atoms with Crippen LogP contribution in [0.2, 0.25) is 0 Å². The van der Waals surface area contributed by atoms with Crippen LogP contribution < -0.4 is 0 Å². The van der Waals surface area contributed by atoms with Gasteiger partial charge in [0.25, 0.3) is 0 Å². The summed E-state index contributed by atoms with van der Waals surface area (Å²) < 4.78 is 7.69. The van der Waals surface area contributed by atoms with Gasteiger partial charge < -0.3 is 9.30 Å². The van der Waals surface area contributed by atoms with Crippen LogP contribution in [0.25, 0.3) is 11.6 Å². The first kappa shape index (κ1) is 16.0. The number of aromatic nitrogens is 5. The highest BCUT2D eigenvalue weighted by Gasteiger charge is 2.44. The fourth-order valence-corrected chi connectivity index (χ4v) is 3.64. The lowest BCUT2D eigenvalue weighted by molar-refractivity contribution is -0.0181. The molecule has 2 aliphatic heterocycles. The van der Waals surface area contributed by atoms with Gasteiger partial charge in [0.1, 0.15) is 5.60 Å². The lowest BCUT2D eigenvalue weighted by atomic mass is 9.92. The standard InChI is InChI=1S/C17H22N6O2/c1-17(2,3)25-16(24)23-11-6-4-7-12(23)14-20-21-15(22(14)10-11)13-18-8-5-9-19-13/h5,8-9,11-12H,4,6-7,10H2,1-3H3. The zero-order valence-electron chi connectivity index (χ0n) is 14.7. The molecule has 0 saturated carbocycles. The molecule has 2 aliphatic rings. The van der Waals surface area contributed by atoms with Gasteiger partial charge in [-0.1, -0.05) is 0 Å². The zero-order valence-corrected chi connectivity index (χ0v) is 14.7. The van der Waals surface area contributed by atoms with E-state index >= 15 is 0 Å². The van der Waals surface area contributed by atoms with Crippen LogP contribution in [0.4, 0.5) is 4.79 Å². The molecule has 1 saturated heterocycles. The number of hydrogen-bond donors (Lipinski definition) is 0. The third kappa shape index (κ3) is 2.85. The molecule has 2 bridgehead atoms. The van der Waals surface area contributed by atoms with E-state index in [1.807, 2.05) is 25.7 Å². The third-order valence-electron chi connectivity index (χ3n) is 4.58. The molecule has 4 rings (SSSR count). The summed E-state index contributed by atoms with van der Waals surface area (Å²) in [5, 5.41) is 8.67. The maximum Gasteiger partial charge on any atom is 0.411 e. The van der Waals surface area contributed by atoms with E-state index in [-0.39, 0.29) is 18.2 Å². The Balaban J connectivity index is 1.70. The van der Waals surface area contributed by atoms with Crippen molar-refractivity contribution in [3.05, 3.63) is 24.3 Å². The van der Waals surface area contributed by atoms with Crippen LogP contribution in [0.5, 0.6) is 0 Å².